The lowest BCUT2D eigenvalue weighted by atomic mass is 10.3. The molecule has 0 saturated carbocycles. The number of amides is 3. The Bertz CT molecular complexity index is 539. The number of hydrogen-bond acceptors (Lipinski definition) is 8. The van der Waals surface area contributed by atoms with Gasteiger partial charge in [-0.05, 0) is 6.92 Å². The molecule has 0 aromatic rings. The van der Waals surface area contributed by atoms with E-state index in [1.54, 1.807) is 0 Å². The van der Waals surface area contributed by atoms with Crippen molar-refractivity contribution in [1.29, 1.82) is 0 Å². The minimum Gasteiger partial charge on any atom is -0.461 e. The summed E-state index contributed by atoms with van der Waals surface area (Å²) in [5.74, 6) is -3.11. The van der Waals surface area contributed by atoms with Crippen LogP contribution >= 0.6 is 0 Å². The van der Waals surface area contributed by atoms with E-state index in [9.17, 15) is 24.0 Å². The van der Waals surface area contributed by atoms with Gasteiger partial charge < -0.3 is 19.9 Å². The van der Waals surface area contributed by atoms with Crippen LogP contribution in [0, 0.1) is 0 Å². The maximum atomic E-state index is 11.6. The third-order valence-corrected chi connectivity index (χ3v) is 2.90. The predicted octanol–water partition coefficient (Wildman–Crippen LogP) is -2.12. The van der Waals surface area contributed by atoms with E-state index >= 15 is 0 Å². The number of carbonyl (C=O) groups is 5. The molecule has 3 amide bonds. The van der Waals surface area contributed by atoms with Crippen molar-refractivity contribution in [2.75, 3.05) is 26.3 Å². The minimum atomic E-state index is -1.17. The second-order valence-corrected chi connectivity index (χ2v) is 4.72. The predicted molar refractivity (Wildman–Crippen MR) is 77.1 cm³/mol. The smallest absolute Gasteiger partial charge is 0.347 e. The van der Waals surface area contributed by atoms with Gasteiger partial charge in [-0.15, -0.1) is 0 Å². The molecular formula is C14H18N2O8. The Morgan fingerprint density at radius 1 is 1.25 bits per heavy atom. The van der Waals surface area contributed by atoms with Crippen molar-refractivity contribution in [1.82, 2.24) is 10.2 Å². The molecule has 2 N–H and O–H groups in total. The topological polar surface area (TPSA) is 139 Å². The van der Waals surface area contributed by atoms with Gasteiger partial charge in [0.15, 0.2) is 6.10 Å². The van der Waals surface area contributed by atoms with Gasteiger partial charge in [0.2, 0.25) is 5.91 Å². The number of carbonyl (C=O) groups excluding carboxylic acids is 5. The number of hydrogen-bond donors (Lipinski definition) is 2. The van der Waals surface area contributed by atoms with E-state index in [1.165, 1.54) is 6.92 Å². The van der Waals surface area contributed by atoms with Crippen LogP contribution in [-0.2, 0) is 33.4 Å². The summed E-state index contributed by atoms with van der Waals surface area (Å²) in [6.07, 6.45) is 1.02. The van der Waals surface area contributed by atoms with Crippen LogP contribution in [0.4, 0.5) is 0 Å². The summed E-state index contributed by atoms with van der Waals surface area (Å²) >= 11 is 0. The first-order valence-corrected chi connectivity index (χ1v) is 7.12. The summed E-state index contributed by atoms with van der Waals surface area (Å²) in [7, 11) is 0. The van der Waals surface area contributed by atoms with E-state index < -0.39 is 42.4 Å². The Hall–Kier alpha value is -2.75. The highest BCUT2D eigenvalue weighted by atomic mass is 16.6. The zero-order valence-corrected chi connectivity index (χ0v) is 13.0. The molecule has 0 spiro atoms. The summed E-state index contributed by atoms with van der Waals surface area (Å²) in [4.78, 5) is 57.3. The maximum absolute atomic E-state index is 11.6. The SMILES string of the molecule is CC(OC(=O)CO)C(=O)OCCNC(=O)CCN1C(=O)C=CC1=O. The first-order chi connectivity index (χ1) is 11.3. The fourth-order valence-corrected chi connectivity index (χ4v) is 1.70. The van der Waals surface area contributed by atoms with Crippen LogP contribution in [0.3, 0.4) is 0 Å². The second-order valence-electron chi connectivity index (χ2n) is 4.72. The average Bonchev–Trinajstić information content (AvgIpc) is 2.87. The molecule has 1 aliphatic heterocycles. The van der Waals surface area contributed by atoms with Gasteiger partial charge in [-0.1, -0.05) is 0 Å². The molecule has 1 aliphatic rings. The number of ether oxygens (including phenoxy) is 2. The summed E-state index contributed by atoms with van der Waals surface area (Å²) in [6, 6.07) is 0. The Kier molecular flexibility index (Phi) is 7.56. The molecule has 1 unspecified atom stereocenters. The lowest BCUT2D eigenvalue weighted by Gasteiger charge is -2.14. The van der Waals surface area contributed by atoms with Crippen LogP contribution in [0.15, 0.2) is 12.2 Å². The zero-order valence-electron chi connectivity index (χ0n) is 13.0. The summed E-state index contributed by atoms with van der Waals surface area (Å²) in [6.45, 7) is 0.280. The highest BCUT2D eigenvalue weighted by molar-refractivity contribution is 6.13. The van der Waals surface area contributed by atoms with Crippen molar-refractivity contribution in [3.05, 3.63) is 12.2 Å². The van der Waals surface area contributed by atoms with E-state index in [0.29, 0.717) is 0 Å². The lowest BCUT2D eigenvalue weighted by molar-refractivity contribution is -0.168. The molecule has 0 fully saturated rings. The fraction of sp³-hybridized carbons (Fsp3) is 0.500. The van der Waals surface area contributed by atoms with Gasteiger partial charge in [-0.25, -0.2) is 9.59 Å². The Labute approximate surface area is 137 Å². The Morgan fingerprint density at radius 3 is 2.46 bits per heavy atom. The molecular weight excluding hydrogens is 324 g/mol. The molecule has 0 radical (unpaired) electrons. The van der Waals surface area contributed by atoms with E-state index in [2.05, 4.69) is 10.1 Å². The number of esters is 2. The van der Waals surface area contributed by atoms with Crippen LogP contribution < -0.4 is 5.32 Å². The first kappa shape index (κ1) is 19.3. The zero-order chi connectivity index (χ0) is 18.1. The largest absolute Gasteiger partial charge is 0.461 e. The van der Waals surface area contributed by atoms with Gasteiger partial charge in [0.05, 0.1) is 6.54 Å². The van der Waals surface area contributed by atoms with Gasteiger partial charge in [0.1, 0.15) is 13.2 Å². The Balaban J connectivity index is 2.15. The first-order valence-electron chi connectivity index (χ1n) is 7.12. The van der Waals surface area contributed by atoms with Crippen LogP contribution in [0.2, 0.25) is 0 Å². The summed E-state index contributed by atoms with van der Waals surface area (Å²) in [5.41, 5.74) is 0. The standard InChI is InChI=1S/C14H18N2O8/c1-9(24-13(21)8-17)14(22)23-7-5-15-10(18)4-6-16-11(19)2-3-12(16)20/h2-3,9,17H,4-8H2,1H3,(H,15,18). The van der Waals surface area contributed by atoms with E-state index in [1.807, 2.05) is 0 Å². The van der Waals surface area contributed by atoms with Crippen molar-refractivity contribution in [2.45, 2.75) is 19.4 Å². The number of imide groups is 1. The van der Waals surface area contributed by atoms with E-state index in [-0.39, 0.29) is 26.1 Å². The molecule has 0 aromatic heterocycles. The number of aliphatic hydroxyl groups is 1. The summed E-state index contributed by atoms with van der Waals surface area (Å²) in [5, 5.41) is 10.9. The van der Waals surface area contributed by atoms with Crippen molar-refractivity contribution in [3.63, 3.8) is 0 Å². The second kappa shape index (κ2) is 9.40. The van der Waals surface area contributed by atoms with Gasteiger partial charge >= 0.3 is 11.9 Å². The molecule has 1 atom stereocenters. The van der Waals surface area contributed by atoms with Crippen LogP contribution in [0.5, 0.6) is 0 Å². The molecule has 0 aromatic carbocycles. The third kappa shape index (κ3) is 6.16. The number of aliphatic hydroxyl groups excluding tert-OH is 1. The van der Waals surface area contributed by atoms with E-state index in [4.69, 9.17) is 9.84 Å². The molecule has 24 heavy (non-hydrogen) atoms. The van der Waals surface area contributed by atoms with Crippen molar-refractivity contribution < 1.29 is 38.6 Å². The highest BCUT2D eigenvalue weighted by Gasteiger charge is 2.23. The molecule has 1 rings (SSSR count). The molecule has 1 heterocycles. The van der Waals surface area contributed by atoms with Gasteiger partial charge in [0, 0.05) is 25.1 Å². The van der Waals surface area contributed by atoms with Gasteiger partial charge in [0.25, 0.3) is 11.8 Å². The maximum Gasteiger partial charge on any atom is 0.347 e. The van der Waals surface area contributed by atoms with Crippen molar-refractivity contribution in [3.8, 4) is 0 Å². The van der Waals surface area contributed by atoms with Crippen LogP contribution in [0.25, 0.3) is 0 Å². The van der Waals surface area contributed by atoms with Crippen LogP contribution in [-0.4, -0.2) is 72.1 Å². The van der Waals surface area contributed by atoms with E-state index in [0.717, 1.165) is 17.1 Å². The average molecular weight is 342 g/mol. The number of nitrogens with zero attached hydrogens (tertiary/aromatic N) is 1. The molecule has 0 bridgehead atoms. The quantitative estimate of drug-likeness (QED) is 0.275. The lowest BCUT2D eigenvalue weighted by Crippen LogP contribution is -2.36. The monoisotopic (exact) mass is 342 g/mol. The van der Waals surface area contributed by atoms with Crippen molar-refractivity contribution in [2.24, 2.45) is 0 Å². The molecule has 0 saturated heterocycles. The van der Waals surface area contributed by atoms with Crippen LogP contribution in [0.1, 0.15) is 13.3 Å². The minimum absolute atomic E-state index is 0.0192. The number of rotatable bonds is 9. The Morgan fingerprint density at radius 2 is 1.88 bits per heavy atom. The highest BCUT2D eigenvalue weighted by Crippen LogP contribution is 2.03. The summed E-state index contributed by atoms with van der Waals surface area (Å²) < 4.78 is 9.30. The van der Waals surface area contributed by atoms with Crippen molar-refractivity contribution >= 4 is 29.7 Å². The third-order valence-electron chi connectivity index (χ3n) is 2.90. The molecule has 0 aliphatic carbocycles. The molecule has 10 heteroatoms. The molecule has 10 nitrogen and oxygen atoms in total. The number of nitrogens with one attached hydrogen (secondary N) is 1. The van der Waals surface area contributed by atoms with Gasteiger partial charge in [-0.3, -0.25) is 19.3 Å². The molecule has 132 valence electrons. The fourth-order valence-electron chi connectivity index (χ4n) is 1.70. The van der Waals surface area contributed by atoms with Gasteiger partial charge in [-0.2, -0.15) is 0 Å². The normalized spacial score (nSPS) is 14.5.